The molecule has 0 fully saturated rings. The lowest BCUT2D eigenvalue weighted by molar-refractivity contribution is 0.102. The van der Waals surface area contributed by atoms with Crippen molar-refractivity contribution in [1.82, 2.24) is 15.0 Å². The Morgan fingerprint density at radius 3 is 2.89 bits per heavy atom. The van der Waals surface area contributed by atoms with Crippen molar-refractivity contribution in [3.63, 3.8) is 0 Å². The largest absolute Gasteiger partial charge is 0.368 e. The van der Waals surface area contributed by atoms with Crippen LogP contribution in [0.25, 0.3) is 0 Å². The van der Waals surface area contributed by atoms with E-state index in [0.29, 0.717) is 16.0 Å². The molecule has 2 heterocycles. The molecular formula is C11H10BrN5O. The maximum Gasteiger partial charge on any atom is 0.275 e. The Morgan fingerprint density at radius 1 is 1.44 bits per heavy atom. The van der Waals surface area contributed by atoms with E-state index in [1.54, 1.807) is 31.3 Å². The van der Waals surface area contributed by atoms with Crippen molar-refractivity contribution in [1.29, 1.82) is 0 Å². The minimum atomic E-state index is -0.383. The number of carbonyl (C=O) groups is 1. The van der Waals surface area contributed by atoms with Crippen LogP contribution in [-0.2, 0) is 0 Å². The van der Waals surface area contributed by atoms with E-state index in [0.717, 1.165) is 0 Å². The molecule has 0 spiro atoms. The van der Waals surface area contributed by atoms with E-state index in [-0.39, 0.29) is 17.5 Å². The average molecular weight is 308 g/mol. The van der Waals surface area contributed by atoms with Gasteiger partial charge in [-0.05, 0) is 41.1 Å². The zero-order valence-electron chi connectivity index (χ0n) is 9.51. The second kappa shape index (κ2) is 5.09. The maximum absolute atomic E-state index is 12.0. The molecule has 92 valence electrons. The summed E-state index contributed by atoms with van der Waals surface area (Å²) >= 11 is 3.29. The molecule has 7 heteroatoms. The van der Waals surface area contributed by atoms with Gasteiger partial charge >= 0.3 is 0 Å². The number of pyridine rings is 1. The molecule has 2 aromatic heterocycles. The standard InChI is InChI=1S/C11H10BrN5O/c1-6-5-8(16-11(13)15-6)10(18)17-9-7(12)3-2-4-14-9/h2-5H,1H3,(H2,13,15,16)(H,14,17,18). The second-order valence-electron chi connectivity index (χ2n) is 3.54. The SMILES string of the molecule is Cc1cc(C(=O)Nc2ncccc2Br)nc(N)n1. The third-order valence-corrected chi connectivity index (χ3v) is 2.73. The molecule has 0 aliphatic rings. The molecule has 0 aliphatic carbocycles. The molecule has 2 aromatic rings. The van der Waals surface area contributed by atoms with Gasteiger partial charge in [0.25, 0.3) is 5.91 Å². The number of nitrogens with two attached hydrogens (primary N) is 1. The molecule has 0 saturated carbocycles. The van der Waals surface area contributed by atoms with Gasteiger partial charge < -0.3 is 11.1 Å². The van der Waals surface area contributed by atoms with Gasteiger partial charge in [0.2, 0.25) is 5.95 Å². The molecule has 3 N–H and O–H groups in total. The molecule has 1 amide bonds. The highest BCUT2D eigenvalue weighted by atomic mass is 79.9. The number of aryl methyl sites for hydroxylation is 1. The molecule has 0 radical (unpaired) electrons. The molecule has 0 aromatic carbocycles. The predicted molar refractivity (Wildman–Crippen MR) is 71.1 cm³/mol. The molecule has 2 rings (SSSR count). The molecule has 18 heavy (non-hydrogen) atoms. The Balaban J connectivity index is 2.25. The summed E-state index contributed by atoms with van der Waals surface area (Å²) < 4.78 is 0.692. The predicted octanol–water partition coefficient (Wildman–Crippen LogP) is 1.78. The molecule has 0 bridgehead atoms. The van der Waals surface area contributed by atoms with E-state index >= 15 is 0 Å². The smallest absolute Gasteiger partial charge is 0.275 e. The van der Waals surface area contributed by atoms with Crippen LogP contribution in [0.4, 0.5) is 11.8 Å². The first-order chi connectivity index (χ1) is 8.56. The average Bonchev–Trinajstić information content (AvgIpc) is 2.31. The van der Waals surface area contributed by atoms with Crippen LogP contribution in [-0.4, -0.2) is 20.9 Å². The van der Waals surface area contributed by atoms with Gasteiger partial charge in [0, 0.05) is 11.9 Å². The van der Waals surface area contributed by atoms with E-state index in [1.807, 2.05) is 0 Å². The summed E-state index contributed by atoms with van der Waals surface area (Å²) in [5.74, 6) is 0.115. The minimum absolute atomic E-state index is 0.0697. The lowest BCUT2D eigenvalue weighted by Gasteiger charge is -2.06. The highest BCUT2D eigenvalue weighted by Gasteiger charge is 2.11. The topological polar surface area (TPSA) is 93.8 Å². The van der Waals surface area contributed by atoms with E-state index in [2.05, 4.69) is 36.2 Å². The lowest BCUT2D eigenvalue weighted by Crippen LogP contribution is -2.16. The first kappa shape index (κ1) is 12.4. The van der Waals surface area contributed by atoms with Crippen LogP contribution in [0, 0.1) is 6.92 Å². The van der Waals surface area contributed by atoms with Crippen molar-refractivity contribution in [2.45, 2.75) is 6.92 Å². The number of anilines is 2. The Hall–Kier alpha value is -2.02. The Morgan fingerprint density at radius 2 is 2.22 bits per heavy atom. The Bertz CT molecular complexity index is 581. The fraction of sp³-hybridized carbons (Fsp3) is 0.0909. The van der Waals surface area contributed by atoms with Gasteiger partial charge in [-0.25, -0.2) is 15.0 Å². The number of amides is 1. The third-order valence-electron chi connectivity index (χ3n) is 2.09. The zero-order chi connectivity index (χ0) is 13.1. The highest BCUT2D eigenvalue weighted by Crippen LogP contribution is 2.18. The van der Waals surface area contributed by atoms with Gasteiger partial charge in [0.15, 0.2) is 0 Å². The van der Waals surface area contributed by atoms with E-state index < -0.39 is 0 Å². The quantitative estimate of drug-likeness (QED) is 0.882. The minimum Gasteiger partial charge on any atom is -0.368 e. The number of hydrogen-bond donors (Lipinski definition) is 2. The van der Waals surface area contributed by atoms with Crippen molar-refractivity contribution in [2.24, 2.45) is 0 Å². The van der Waals surface area contributed by atoms with Crippen molar-refractivity contribution in [3.8, 4) is 0 Å². The summed E-state index contributed by atoms with van der Waals surface area (Å²) in [5.41, 5.74) is 6.33. The summed E-state index contributed by atoms with van der Waals surface area (Å²) in [7, 11) is 0. The second-order valence-corrected chi connectivity index (χ2v) is 4.40. The zero-order valence-corrected chi connectivity index (χ0v) is 11.1. The lowest BCUT2D eigenvalue weighted by atomic mass is 10.3. The summed E-state index contributed by atoms with van der Waals surface area (Å²) in [5, 5.41) is 2.64. The number of aromatic nitrogens is 3. The van der Waals surface area contributed by atoms with Crippen molar-refractivity contribution in [3.05, 3.63) is 40.3 Å². The van der Waals surface area contributed by atoms with E-state index in [9.17, 15) is 4.79 Å². The maximum atomic E-state index is 12.0. The molecule has 0 aliphatic heterocycles. The van der Waals surface area contributed by atoms with Crippen LogP contribution in [0.5, 0.6) is 0 Å². The van der Waals surface area contributed by atoms with Gasteiger partial charge in [0.05, 0.1) is 4.47 Å². The van der Waals surface area contributed by atoms with Gasteiger partial charge in [-0.2, -0.15) is 0 Å². The fourth-order valence-electron chi connectivity index (χ4n) is 1.36. The monoisotopic (exact) mass is 307 g/mol. The van der Waals surface area contributed by atoms with Gasteiger partial charge in [-0.15, -0.1) is 0 Å². The molecule has 0 unspecified atom stereocenters. The van der Waals surface area contributed by atoms with Crippen molar-refractivity contribution < 1.29 is 4.79 Å². The first-order valence-electron chi connectivity index (χ1n) is 5.09. The Kier molecular flexibility index (Phi) is 3.52. The molecule has 0 saturated heterocycles. The molecular weight excluding hydrogens is 298 g/mol. The van der Waals surface area contributed by atoms with Crippen LogP contribution in [0.2, 0.25) is 0 Å². The van der Waals surface area contributed by atoms with Crippen molar-refractivity contribution in [2.75, 3.05) is 11.1 Å². The van der Waals surface area contributed by atoms with E-state index in [4.69, 9.17) is 5.73 Å². The van der Waals surface area contributed by atoms with Crippen LogP contribution < -0.4 is 11.1 Å². The number of nitrogens with one attached hydrogen (secondary N) is 1. The number of nitrogen functional groups attached to an aromatic ring is 1. The number of halogens is 1. The number of nitrogens with zero attached hydrogens (tertiary/aromatic N) is 3. The highest BCUT2D eigenvalue weighted by molar-refractivity contribution is 9.10. The number of hydrogen-bond acceptors (Lipinski definition) is 5. The normalized spacial score (nSPS) is 10.1. The van der Waals surface area contributed by atoms with Crippen LogP contribution in [0.1, 0.15) is 16.2 Å². The van der Waals surface area contributed by atoms with Gasteiger partial charge in [0.1, 0.15) is 11.5 Å². The summed E-state index contributed by atoms with van der Waals surface area (Å²) in [6.45, 7) is 1.74. The summed E-state index contributed by atoms with van der Waals surface area (Å²) in [6, 6.07) is 5.09. The van der Waals surface area contributed by atoms with Gasteiger partial charge in [-0.3, -0.25) is 4.79 Å². The fourth-order valence-corrected chi connectivity index (χ4v) is 1.71. The summed E-state index contributed by atoms with van der Waals surface area (Å²) in [4.78, 5) is 23.8. The molecule has 6 nitrogen and oxygen atoms in total. The number of carbonyl (C=O) groups excluding carboxylic acids is 1. The third kappa shape index (κ3) is 2.80. The first-order valence-corrected chi connectivity index (χ1v) is 5.88. The Labute approximate surface area is 112 Å². The van der Waals surface area contributed by atoms with Crippen LogP contribution in [0.15, 0.2) is 28.9 Å². The van der Waals surface area contributed by atoms with Crippen molar-refractivity contribution >= 4 is 33.6 Å². The van der Waals surface area contributed by atoms with Gasteiger partial charge in [-0.1, -0.05) is 0 Å². The van der Waals surface area contributed by atoms with E-state index in [1.165, 1.54) is 0 Å². The van der Waals surface area contributed by atoms with Crippen LogP contribution >= 0.6 is 15.9 Å². The number of rotatable bonds is 2. The van der Waals surface area contributed by atoms with Crippen LogP contribution in [0.3, 0.4) is 0 Å². The summed E-state index contributed by atoms with van der Waals surface area (Å²) in [6.07, 6.45) is 1.58. The molecule has 0 atom stereocenters.